The van der Waals surface area contributed by atoms with Gasteiger partial charge in [0.05, 0.1) is 15.9 Å². The van der Waals surface area contributed by atoms with E-state index in [2.05, 4.69) is 10.6 Å². The van der Waals surface area contributed by atoms with Gasteiger partial charge in [-0.05, 0) is 66.6 Å². The number of amides is 1. The van der Waals surface area contributed by atoms with Crippen molar-refractivity contribution in [3.63, 3.8) is 0 Å². The molecule has 0 aliphatic carbocycles. The minimum atomic E-state index is -3.73. The maximum Gasteiger partial charge on any atom is 0.251 e. The van der Waals surface area contributed by atoms with Crippen LogP contribution in [0.1, 0.15) is 27.6 Å². The molecule has 6 nitrogen and oxygen atoms in total. The lowest BCUT2D eigenvalue weighted by molar-refractivity contribution is 0.0963. The first-order valence-electron chi connectivity index (χ1n) is 10.1. The summed E-state index contributed by atoms with van der Waals surface area (Å²) in [6.45, 7) is 1.01. The maximum atomic E-state index is 12.9. The van der Waals surface area contributed by atoms with Gasteiger partial charge in [-0.15, -0.1) is 0 Å². The molecule has 0 radical (unpaired) electrons. The largest absolute Gasteiger partial charge is 0.387 e. The van der Waals surface area contributed by atoms with Crippen molar-refractivity contribution in [1.29, 1.82) is 0 Å². The van der Waals surface area contributed by atoms with E-state index in [1.807, 2.05) is 6.07 Å². The molecule has 8 heteroatoms. The summed E-state index contributed by atoms with van der Waals surface area (Å²) in [6, 6.07) is 19.7. The summed E-state index contributed by atoms with van der Waals surface area (Å²) in [7, 11) is -2.23. The van der Waals surface area contributed by atoms with Crippen LogP contribution in [-0.4, -0.2) is 39.6 Å². The molecule has 0 bridgehead atoms. The summed E-state index contributed by atoms with van der Waals surface area (Å²) >= 11 is 5.95. The van der Waals surface area contributed by atoms with Crippen LogP contribution in [0.3, 0.4) is 0 Å². The number of carbonyl (C=O) groups excluding carboxylic acids is 1. The average Bonchev–Trinajstić information content (AvgIpc) is 2.81. The van der Waals surface area contributed by atoms with Crippen molar-refractivity contribution >= 4 is 27.3 Å². The fraction of sp³-hybridized carbons (Fsp3) is 0.208. The second-order valence-corrected chi connectivity index (χ2v) is 9.67. The highest BCUT2D eigenvalue weighted by Crippen LogP contribution is 2.22. The van der Waals surface area contributed by atoms with Crippen molar-refractivity contribution in [3.8, 4) is 0 Å². The fourth-order valence-corrected chi connectivity index (χ4v) is 4.73. The van der Waals surface area contributed by atoms with Gasteiger partial charge in [-0.3, -0.25) is 4.79 Å². The Morgan fingerprint density at radius 1 is 1.00 bits per heavy atom. The van der Waals surface area contributed by atoms with E-state index >= 15 is 0 Å². The first-order chi connectivity index (χ1) is 15.3. The number of rotatable bonds is 9. The summed E-state index contributed by atoms with van der Waals surface area (Å²) in [4.78, 5) is 12.0. The Morgan fingerprint density at radius 2 is 1.72 bits per heavy atom. The molecule has 3 aromatic carbocycles. The van der Waals surface area contributed by atoms with Crippen LogP contribution in [0.25, 0.3) is 0 Å². The summed E-state index contributed by atoms with van der Waals surface area (Å²) < 4.78 is 25.8. The van der Waals surface area contributed by atoms with E-state index in [1.54, 1.807) is 54.6 Å². The molecule has 168 valence electrons. The molecule has 3 N–H and O–H groups in total. The Morgan fingerprint density at radius 3 is 2.41 bits per heavy atom. The Hall–Kier alpha value is -2.71. The summed E-state index contributed by atoms with van der Waals surface area (Å²) in [5.41, 5.74) is 2.00. The van der Waals surface area contributed by atoms with Crippen LogP contribution in [0.15, 0.2) is 82.6 Å². The van der Waals surface area contributed by atoms with E-state index in [0.29, 0.717) is 24.5 Å². The molecule has 0 saturated carbocycles. The van der Waals surface area contributed by atoms with Gasteiger partial charge in [0.25, 0.3) is 5.91 Å². The van der Waals surface area contributed by atoms with Crippen LogP contribution in [0.5, 0.6) is 0 Å². The summed E-state index contributed by atoms with van der Waals surface area (Å²) in [5.74, 6) is -0.342. The van der Waals surface area contributed by atoms with Gasteiger partial charge in [-0.1, -0.05) is 41.9 Å². The van der Waals surface area contributed by atoms with Gasteiger partial charge in [-0.2, -0.15) is 0 Å². The average molecular weight is 473 g/mol. The number of sulfone groups is 1. The highest BCUT2D eigenvalue weighted by Gasteiger charge is 2.19. The third-order valence-electron chi connectivity index (χ3n) is 5.03. The lowest BCUT2D eigenvalue weighted by Gasteiger charge is -2.13. The lowest BCUT2D eigenvalue weighted by atomic mass is 10.1. The highest BCUT2D eigenvalue weighted by molar-refractivity contribution is 7.91. The Kier molecular flexibility index (Phi) is 8.04. The van der Waals surface area contributed by atoms with Gasteiger partial charge in [-0.25, -0.2) is 8.42 Å². The number of hydrogen-bond donors (Lipinski definition) is 3. The molecule has 0 fully saturated rings. The van der Waals surface area contributed by atoms with E-state index in [9.17, 15) is 18.3 Å². The molecule has 3 aromatic rings. The molecule has 32 heavy (non-hydrogen) atoms. The summed E-state index contributed by atoms with van der Waals surface area (Å²) in [5, 5.41) is 16.5. The molecular weight excluding hydrogens is 448 g/mol. The van der Waals surface area contributed by atoms with E-state index < -0.39 is 15.9 Å². The monoisotopic (exact) mass is 472 g/mol. The third-order valence-corrected chi connectivity index (χ3v) is 7.03. The van der Waals surface area contributed by atoms with Gasteiger partial charge in [0.15, 0.2) is 0 Å². The Balaban J connectivity index is 1.58. The van der Waals surface area contributed by atoms with Crippen LogP contribution < -0.4 is 10.6 Å². The minimum Gasteiger partial charge on any atom is -0.387 e. The van der Waals surface area contributed by atoms with Crippen LogP contribution in [0.2, 0.25) is 5.02 Å². The number of halogens is 1. The lowest BCUT2D eigenvalue weighted by Crippen LogP contribution is -2.23. The SMILES string of the molecule is CNC(=O)c1cccc(S(=O)(=O)c2ccc(CCNC[C@@H](O)c3cccc(Cl)c3)cc2)c1. The molecule has 3 rings (SSSR count). The zero-order valence-corrected chi connectivity index (χ0v) is 19.2. The zero-order chi connectivity index (χ0) is 23.1. The van der Waals surface area contributed by atoms with Crippen LogP contribution in [0.4, 0.5) is 0 Å². The molecule has 0 aliphatic rings. The molecule has 0 heterocycles. The molecule has 0 unspecified atom stereocenters. The molecular formula is C24H25ClN2O4S. The molecule has 1 atom stereocenters. The number of carbonyl (C=O) groups is 1. The number of aliphatic hydroxyl groups is 1. The first kappa shape index (κ1) is 23.9. The topological polar surface area (TPSA) is 95.5 Å². The Labute approximate surface area is 193 Å². The van der Waals surface area contributed by atoms with Crippen LogP contribution in [0, 0.1) is 0 Å². The van der Waals surface area contributed by atoms with E-state index in [4.69, 9.17) is 11.6 Å². The van der Waals surface area contributed by atoms with Gasteiger partial charge >= 0.3 is 0 Å². The van der Waals surface area contributed by atoms with Gasteiger partial charge in [0.1, 0.15) is 0 Å². The van der Waals surface area contributed by atoms with Crippen molar-refractivity contribution in [2.75, 3.05) is 20.1 Å². The number of benzene rings is 3. The van der Waals surface area contributed by atoms with Gasteiger partial charge < -0.3 is 15.7 Å². The quantitative estimate of drug-likeness (QED) is 0.415. The predicted octanol–water partition coefficient (Wildman–Crippen LogP) is 3.40. The fourth-order valence-electron chi connectivity index (χ4n) is 3.22. The van der Waals surface area contributed by atoms with E-state index in [1.165, 1.54) is 19.2 Å². The van der Waals surface area contributed by atoms with E-state index in [0.717, 1.165) is 11.1 Å². The second-order valence-electron chi connectivity index (χ2n) is 7.28. The van der Waals surface area contributed by atoms with Gasteiger partial charge in [0.2, 0.25) is 9.84 Å². The highest BCUT2D eigenvalue weighted by atomic mass is 35.5. The summed E-state index contributed by atoms with van der Waals surface area (Å²) in [6.07, 6.45) is 0.0150. The molecule has 1 amide bonds. The van der Waals surface area contributed by atoms with E-state index in [-0.39, 0.29) is 21.3 Å². The van der Waals surface area contributed by atoms with Crippen molar-refractivity contribution in [2.24, 2.45) is 0 Å². The van der Waals surface area contributed by atoms with Crippen LogP contribution in [-0.2, 0) is 16.3 Å². The Bertz CT molecular complexity index is 1180. The zero-order valence-electron chi connectivity index (χ0n) is 17.6. The van der Waals surface area contributed by atoms with Crippen LogP contribution >= 0.6 is 11.6 Å². The van der Waals surface area contributed by atoms with Crippen molar-refractivity contribution in [3.05, 3.63) is 94.5 Å². The molecule has 0 aromatic heterocycles. The number of hydrogen-bond acceptors (Lipinski definition) is 5. The standard InChI is InChI=1S/C24H25ClN2O4S/c1-26-24(29)19-5-3-7-22(15-19)32(30,31)21-10-8-17(9-11-21)12-13-27-16-23(28)18-4-2-6-20(25)14-18/h2-11,14-15,23,27-28H,12-13,16H2,1H3,(H,26,29)/t23-/m1/s1. The smallest absolute Gasteiger partial charge is 0.251 e. The maximum absolute atomic E-state index is 12.9. The molecule has 0 saturated heterocycles. The van der Waals surface area contributed by atoms with Crippen molar-refractivity contribution in [2.45, 2.75) is 22.3 Å². The number of nitrogens with one attached hydrogen (secondary N) is 2. The normalized spacial score (nSPS) is 12.3. The first-order valence-corrected chi connectivity index (χ1v) is 12.0. The third kappa shape index (κ3) is 5.95. The van der Waals surface area contributed by atoms with Crippen molar-refractivity contribution in [1.82, 2.24) is 10.6 Å². The predicted molar refractivity (Wildman–Crippen MR) is 125 cm³/mol. The molecule has 0 aliphatic heterocycles. The number of aliphatic hydroxyl groups excluding tert-OH is 1. The molecule has 0 spiro atoms. The van der Waals surface area contributed by atoms with Crippen molar-refractivity contribution < 1.29 is 18.3 Å². The second kappa shape index (κ2) is 10.7. The van der Waals surface area contributed by atoms with Gasteiger partial charge in [0, 0.05) is 24.2 Å². The minimum absolute atomic E-state index is 0.0722.